The minimum Gasteiger partial charge on any atom is -0.317 e. The van der Waals surface area contributed by atoms with Crippen LogP contribution in [-0.4, -0.2) is 31.1 Å². The lowest BCUT2D eigenvalue weighted by molar-refractivity contribution is 0.207. The number of nitrogens with zero attached hydrogens (tertiary/aromatic N) is 1. The second-order valence-electron chi connectivity index (χ2n) is 5.01. The zero-order valence-electron chi connectivity index (χ0n) is 10.9. The van der Waals surface area contributed by atoms with E-state index in [0.717, 1.165) is 19.0 Å². The van der Waals surface area contributed by atoms with E-state index in [0.29, 0.717) is 0 Å². The predicted octanol–water partition coefficient (Wildman–Crippen LogP) is 2.51. The van der Waals surface area contributed by atoms with Crippen LogP contribution >= 0.6 is 0 Å². The van der Waals surface area contributed by atoms with Gasteiger partial charge in [0.1, 0.15) is 0 Å². The van der Waals surface area contributed by atoms with E-state index < -0.39 is 0 Å². The van der Waals surface area contributed by atoms with E-state index in [9.17, 15) is 0 Å². The Labute approximate surface area is 105 Å². The Kier molecular flexibility index (Phi) is 5.02. The summed E-state index contributed by atoms with van der Waals surface area (Å²) in [5.41, 5.74) is 1.43. The highest BCUT2D eigenvalue weighted by molar-refractivity contribution is 5.14. The van der Waals surface area contributed by atoms with Crippen molar-refractivity contribution in [1.29, 1.82) is 0 Å². The van der Waals surface area contributed by atoms with Gasteiger partial charge >= 0.3 is 0 Å². The van der Waals surface area contributed by atoms with Gasteiger partial charge in [0.25, 0.3) is 0 Å². The Morgan fingerprint density at radius 1 is 1.18 bits per heavy atom. The SMILES string of the molecule is CCN(Cc1ccccc1)CC1CCNCC1. The molecular formula is C15H24N2. The van der Waals surface area contributed by atoms with Crippen LogP contribution in [0.4, 0.5) is 0 Å². The average Bonchev–Trinajstić information content (AvgIpc) is 2.40. The summed E-state index contributed by atoms with van der Waals surface area (Å²) in [6, 6.07) is 10.8. The highest BCUT2D eigenvalue weighted by Crippen LogP contribution is 2.15. The molecule has 1 heterocycles. The van der Waals surface area contributed by atoms with Crippen LogP contribution in [0, 0.1) is 5.92 Å². The van der Waals surface area contributed by atoms with E-state index in [-0.39, 0.29) is 0 Å². The first-order chi connectivity index (χ1) is 8.38. The molecule has 1 N–H and O–H groups in total. The normalized spacial score (nSPS) is 17.5. The van der Waals surface area contributed by atoms with E-state index >= 15 is 0 Å². The Morgan fingerprint density at radius 3 is 2.53 bits per heavy atom. The maximum atomic E-state index is 3.44. The molecule has 1 aliphatic heterocycles. The maximum absolute atomic E-state index is 3.44. The van der Waals surface area contributed by atoms with Crippen molar-refractivity contribution in [2.45, 2.75) is 26.3 Å². The van der Waals surface area contributed by atoms with Crippen molar-refractivity contribution in [3.63, 3.8) is 0 Å². The van der Waals surface area contributed by atoms with E-state index in [2.05, 4.69) is 47.5 Å². The van der Waals surface area contributed by atoms with E-state index in [1.54, 1.807) is 0 Å². The Morgan fingerprint density at radius 2 is 1.88 bits per heavy atom. The fourth-order valence-corrected chi connectivity index (χ4v) is 2.58. The number of benzene rings is 1. The van der Waals surface area contributed by atoms with Crippen LogP contribution in [0.1, 0.15) is 25.3 Å². The summed E-state index contributed by atoms with van der Waals surface area (Å²) in [5, 5.41) is 3.44. The van der Waals surface area contributed by atoms with Crippen LogP contribution in [0.3, 0.4) is 0 Å². The van der Waals surface area contributed by atoms with Crippen LogP contribution in [0.2, 0.25) is 0 Å². The lowest BCUT2D eigenvalue weighted by Crippen LogP contribution is -2.35. The van der Waals surface area contributed by atoms with Gasteiger partial charge < -0.3 is 5.32 Å². The summed E-state index contributed by atoms with van der Waals surface area (Å²) in [6.07, 6.45) is 2.68. The van der Waals surface area contributed by atoms with Crippen molar-refractivity contribution < 1.29 is 0 Å². The molecule has 0 aliphatic carbocycles. The average molecular weight is 232 g/mol. The first-order valence-corrected chi connectivity index (χ1v) is 6.85. The van der Waals surface area contributed by atoms with Crippen LogP contribution < -0.4 is 5.32 Å². The van der Waals surface area contributed by atoms with E-state index in [1.807, 2.05) is 0 Å². The maximum Gasteiger partial charge on any atom is 0.0233 e. The van der Waals surface area contributed by atoms with Crippen LogP contribution in [0.25, 0.3) is 0 Å². The van der Waals surface area contributed by atoms with Gasteiger partial charge in [-0.15, -0.1) is 0 Å². The van der Waals surface area contributed by atoms with E-state index in [4.69, 9.17) is 0 Å². The molecule has 2 rings (SSSR count). The predicted molar refractivity (Wildman–Crippen MR) is 73.0 cm³/mol. The van der Waals surface area contributed by atoms with Crippen molar-refractivity contribution in [2.24, 2.45) is 5.92 Å². The Hall–Kier alpha value is -0.860. The third-order valence-corrected chi connectivity index (χ3v) is 3.67. The molecule has 1 fully saturated rings. The van der Waals surface area contributed by atoms with Gasteiger partial charge in [0.15, 0.2) is 0 Å². The molecular weight excluding hydrogens is 208 g/mol. The smallest absolute Gasteiger partial charge is 0.0233 e. The van der Waals surface area contributed by atoms with Gasteiger partial charge in [-0.2, -0.15) is 0 Å². The monoisotopic (exact) mass is 232 g/mol. The molecule has 1 aromatic rings. The lowest BCUT2D eigenvalue weighted by Gasteiger charge is -2.29. The third kappa shape index (κ3) is 4.14. The van der Waals surface area contributed by atoms with Gasteiger partial charge in [-0.1, -0.05) is 37.3 Å². The zero-order valence-corrected chi connectivity index (χ0v) is 10.9. The molecule has 2 heteroatoms. The highest BCUT2D eigenvalue weighted by Gasteiger charge is 2.16. The number of rotatable bonds is 5. The molecule has 94 valence electrons. The molecule has 0 aromatic heterocycles. The zero-order chi connectivity index (χ0) is 11.9. The molecule has 0 unspecified atom stereocenters. The van der Waals surface area contributed by atoms with E-state index in [1.165, 1.54) is 38.0 Å². The molecule has 0 amide bonds. The fraction of sp³-hybridized carbons (Fsp3) is 0.600. The highest BCUT2D eigenvalue weighted by atomic mass is 15.1. The molecule has 17 heavy (non-hydrogen) atoms. The summed E-state index contributed by atoms with van der Waals surface area (Å²) >= 11 is 0. The summed E-state index contributed by atoms with van der Waals surface area (Å²) in [7, 11) is 0. The molecule has 0 atom stereocenters. The molecule has 1 aliphatic rings. The number of hydrogen-bond donors (Lipinski definition) is 1. The molecule has 0 spiro atoms. The summed E-state index contributed by atoms with van der Waals surface area (Å²) in [4.78, 5) is 2.57. The largest absolute Gasteiger partial charge is 0.317 e. The number of nitrogens with one attached hydrogen (secondary N) is 1. The Bertz CT molecular complexity index is 304. The number of piperidine rings is 1. The summed E-state index contributed by atoms with van der Waals surface area (Å²) < 4.78 is 0. The van der Waals surface area contributed by atoms with Crippen molar-refractivity contribution >= 4 is 0 Å². The molecule has 0 saturated carbocycles. The van der Waals surface area contributed by atoms with Crippen molar-refractivity contribution in [3.8, 4) is 0 Å². The summed E-state index contributed by atoms with van der Waals surface area (Å²) in [5.74, 6) is 0.889. The van der Waals surface area contributed by atoms with Crippen molar-refractivity contribution in [2.75, 3.05) is 26.2 Å². The lowest BCUT2D eigenvalue weighted by atomic mass is 9.97. The van der Waals surface area contributed by atoms with Crippen LogP contribution in [0.5, 0.6) is 0 Å². The second kappa shape index (κ2) is 6.77. The van der Waals surface area contributed by atoms with Gasteiger partial charge in [-0.05, 0) is 44.0 Å². The molecule has 1 aromatic carbocycles. The minimum absolute atomic E-state index is 0.889. The first kappa shape index (κ1) is 12.6. The van der Waals surface area contributed by atoms with Gasteiger partial charge in [0, 0.05) is 13.1 Å². The van der Waals surface area contributed by atoms with Gasteiger partial charge in [-0.3, -0.25) is 4.90 Å². The van der Waals surface area contributed by atoms with Gasteiger partial charge in [-0.25, -0.2) is 0 Å². The van der Waals surface area contributed by atoms with Gasteiger partial charge in [0.05, 0.1) is 0 Å². The van der Waals surface area contributed by atoms with Gasteiger partial charge in [0.2, 0.25) is 0 Å². The Balaban J connectivity index is 1.83. The second-order valence-corrected chi connectivity index (χ2v) is 5.01. The molecule has 0 radical (unpaired) electrons. The fourth-order valence-electron chi connectivity index (χ4n) is 2.58. The molecule has 0 bridgehead atoms. The first-order valence-electron chi connectivity index (χ1n) is 6.85. The van der Waals surface area contributed by atoms with Crippen LogP contribution in [-0.2, 0) is 6.54 Å². The third-order valence-electron chi connectivity index (χ3n) is 3.67. The van der Waals surface area contributed by atoms with Crippen LogP contribution in [0.15, 0.2) is 30.3 Å². The number of hydrogen-bond acceptors (Lipinski definition) is 2. The topological polar surface area (TPSA) is 15.3 Å². The standard InChI is InChI=1S/C15H24N2/c1-2-17(12-14-6-4-3-5-7-14)13-15-8-10-16-11-9-15/h3-7,15-16H,2,8-13H2,1H3. The quantitative estimate of drug-likeness (QED) is 0.839. The van der Waals surface area contributed by atoms with Crippen molar-refractivity contribution in [1.82, 2.24) is 10.2 Å². The minimum atomic E-state index is 0.889. The summed E-state index contributed by atoms with van der Waals surface area (Å²) in [6.45, 7) is 8.18. The van der Waals surface area contributed by atoms with Crippen molar-refractivity contribution in [3.05, 3.63) is 35.9 Å². The molecule has 1 saturated heterocycles. The molecule has 2 nitrogen and oxygen atoms in total.